The van der Waals surface area contributed by atoms with E-state index in [9.17, 15) is 13.2 Å². The summed E-state index contributed by atoms with van der Waals surface area (Å²) >= 11 is 0. The lowest BCUT2D eigenvalue weighted by atomic mass is 10.0. The van der Waals surface area contributed by atoms with Crippen LogP contribution in [0.5, 0.6) is 5.75 Å². The maximum atomic E-state index is 13.2. The van der Waals surface area contributed by atoms with Crippen LogP contribution >= 0.6 is 0 Å². The van der Waals surface area contributed by atoms with Gasteiger partial charge >= 0.3 is 0 Å². The second kappa shape index (κ2) is 9.22. The van der Waals surface area contributed by atoms with Gasteiger partial charge in [-0.25, -0.2) is 8.42 Å². The average Bonchev–Trinajstić information content (AvgIpc) is 2.79. The molecular formula is C24H26N2O4S. The van der Waals surface area contributed by atoms with Gasteiger partial charge in [-0.3, -0.25) is 9.10 Å². The summed E-state index contributed by atoms with van der Waals surface area (Å²) in [5.41, 5.74) is 2.18. The molecule has 0 radical (unpaired) electrons. The van der Waals surface area contributed by atoms with Crippen molar-refractivity contribution >= 4 is 27.3 Å². The smallest absolute Gasteiger partial charge is 0.264 e. The number of nitrogens with zero attached hydrogens (tertiary/aromatic N) is 1. The minimum absolute atomic E-state index is 0.171. The molecule has 0 atom stereocenters. The third-order valence-electron chi connectivity index (χ3n) is 5.04. The van der Waals surface area contributed by atoms with Crippen LogP contribution in [0.1, 0.15) is 35.7 Å². The van der Waals surface area contributed by atoms with Crippen molar-refractivity contribution in [1.29, 1.82) is 0 Å². The van der Waals surface area contributed by atoms with Crippen molar-refractivity contribution in [2.45, 2.75) is 24.7 Å². The zero-order valence-electron chi connectivity index (χ0n) is 18.0. The molecule has 1 amide bonds. The van der Waals surface area contributed by atoms with Crippen LogP contribution in [0.15, 0.2) is 77.7 Å². The van der Waals surface area contributed by atoms with E-state index in [2.05, 4.69) is 5.32 Å². The van der Waals surface area contributed by atoms with Crippen LogP contribution in [0, 0.1) is 0 Å². The predicted octanol–water partition coefficient (Wildman–Crippen LogP) is 4.90. The third kappa shape index (κ3) is 4.88. The van der Waals surface area contributed by atoms with E-state index in [4.69, 9.17) is 4.74 Å². The molecule has 0 heterocycles. The van der Waals surface area contributed by atoms with E-state index in [0.29, 0.717) is 23.0 Å². The minimum atomic E-state index is -3.84. The van der Waals surface area contributed by atoms with Crippen molar-refractivity contribution in [3.63, 3.8) is 0 Å². The van der Waals surface area contributed by atoms with E-state index < -0.39 is 15.9 Å². The van der Waals surface area contributed by atoms with Crippen LogP contribution < -0.4 is 14.4 Å². The summed E-state index contributed by atoms with van der Waals surface area (Å²) in [5.74, 6) is 0.572. The topological polar surface area (TPSA) is 75.7 Å². The van der Waals surface area contributed by atoms with Gasteiger partial charge in [-0.05, 0) is 60.0 Å². The number of hydrogen-bond donors (Lipinski definition) is 1. The molecule has 0 fully saturated rings. The molecule has 31 heavy (non-hydrogen) atoms. The number of anilines is 2. The molecule has 0 spiro atoms. The summed E-state index contributed by atoms with van der Waals surface area (Å²) in [6.45, 7) is 4.10. The zero-order valence-corrected chi connectivity index (χ0v) is 18.8. The van der Waals surface area contributed by atoms with E-state index >= 15 is 0 Å². The van der Waals surface area contributed by atoms with Gasteiger partial charge in [0.15, 0.2) is 0 Å². The summed E-state index contributed by atoms with van der Waals surface area (Å²) in [7, 11) is -0.820. The molecule has 3 rings (SSSR count). The molecular weight excluding hydrogens is 412 g/mol. The van der Waals surface area contributed by atoms with Gasteiger partial charge in [0.05, 0.1) is 23.3 Å². The number of methoxy groups -OCH3 is 1. The maximum absolute atomic E-state index is 13.2. The van der Waals surface area contributed by atoms with E-state index in [1.165, 1.54) is 7.05 Å². The van der Waals surface area contributed by atoms with Gasteiger partial charge in [0.25, 0.3) is 15.9 Å². The molecule has 0 aliphatic carbocycles. The van der Waals surface area contributed by atoms with E-state index in [0.717, 1.165) is 9.87 Å². The fourth-order valence-electron chi connectivity index (χ4n) is 3.13. The Balaban J connectivity index is 1.89. The van der Waals surface area contributed by atoms with Crippen molar-refractivity contribution in [2.24, 2.45) is 0 Å². The molecule has 3 aromatic carbocycles. The number of sulfonamides is 1. The highest BCUT2D eigenvalue weighted by molar-refractivity contribution is 7.92. The quantitative estimate of drug-likeness (QED) is 0.569. The molecule has 0 bridgehead atoms. The number of carbonyl (C=O) groups is 1. The van der Waals surface area contributed by atoms with Crippen LogP contribution in [0.4, 0.5) is 11.4 Å². The molecule has 162 valence electrons. The molecule has 3 aromatic rings. The van der Waals surface area contributed by atoms with Crippen molar-refractivity contribution in [3.8, 4) is 5.75 Å². The highest BCUT2D eigenvalue weighted by atomic mass is 32.2. The molecule has 0 saturated heterocycles. The lowest BCUT2D eigenvalue weighted by molar-refractivity contribution is 0.102. The second-order valence-corrected chi connectivity index (χ2v) is 9.37. The summed E-state index contributed by atoms with van der Waals surface area (Å²) in [6, 6.07) is 20.3. The van der Waals surface area contributed by atoms with Gasteiger partial charge in [-0.1, -0.05) is 38.1 Å². The Labute approximate surface area is 183 Å². The van der Waals surface area contributed by atoms with E-state index in [1.54, 1.807) is 67.8 Å². The molecule has 6 nitrogen and oxygen atoms in total. The molecule has 1 N–H and O–H groups in total. The molecule has 0 aliphatic rings. The number of para-hydroxylation sites is 1. The number of ether oxygens (including phenoxy) is 1. The van der Waals surface area contributed by atoms with Gasteiger partial charge in [0.1, 0.15) is 5.75 Å². The van der Waals surface area contributed by atoms with E-state index in [1.807, 2.05) is 26.0 Å². The molecule has 0 saturated carbocycles. The first-order chi connectivity index (χ1) is 14.7. The van der Waals surface area contributed by atoms with Gasteiger partial charge in [-0.15, -0.1) is 0 Å². The van der Waals surface area contributed by atoms with Crippen molar-refractivity contribution in [3.05, 3.63) is 83.9 Å². The molecule has 0 aliphatic heterocycles. The van der Waals surface area contributed by atoms with Crippen molar-refractivity contribution < 1.29 is 17.9 Å². The number of hydrogen-bond acceptors (Lipinski definition) is 4. The van der Waals surface area contributed by atoms with Crippen molar-refractivity contribution in [1.82, 2.24) is 0 Å². The van der Waals surface area contributed by atoms with Gasteiger partial charge in [0, 0.05) is 12.7 Å². The number of rotatable bonds is 7. The fourth-order valence-corrected chi connectivity index (χ4v) is 4.34. The van der Waals surface area contributed by atoms with Crippen LogP contribution in [0.3, 0.4) is 0 Å². The molecule has 0 unspecified atom stereocenters. The highest BCUT2D eigenvalue weighted by Crippen LogP contribution is 2.27. The highest BCUT2D eigenvalue weighted by Gasteiger charge is 2.25. The molecule has 0 aromatic heterocycles. The number of amides is 1. The summed E-state index contributed by atoms with van der Waals surface area (Å²) in [5, 5.41) is 2.80. The Morgan fingerprint density at radius 1 is 0.935 bits per heavy atom. The van der Waals surface area contributed by atoms with Crippen LogP contribution in [-0.2, 0) is 10.0 Å². The largest absolute Gasteiger partial charge is 0.497 e. The minimum Gasteiger partial charge on any atom is -0.497 e. The Morgan fingerprint density at radius 2 is 1.55 bits per heavy atom. The van der Waals surface area contributed by atoms with Crippen LogP contribution in [-0.4, -0.2) is 28.5 Å². The van der Waals surface area contributed by atoms with Crippen LogP contribution in [0.25, 0.3) is 0 Å². The SMILES string of the molecule is COc1ccc(NC(=O)c2ccccc2N(C)S(=O)(=O)c2ccc(C(C)C)cc2)cc1. The lowest BCUT2D eigenvalue weighted by Crippen LogP contribution is -2.29. The second-order valence-electron chi connectivity index (χ2n) is 7.40. The first-order valence-corrected chi connectivity index (χ1v) is 11.3. The summed E-state index contributed by atoms with van der Waals surface area (Å²) in [4.78, 5) is 13.1. The van der Waals surface area contributed by atoms with E-state index in [-0.39, 0.29) is 10.5 Å². The average molecular weight is 439 g/mol. The number of nitrogens with one attached hydrogen (secondary N) is 1. The number of benzene rings is 3. The maximum Gasteiger partial charge on any atom is 0.264 e. The van der Waals surface area contributed by atoms with Gasteiger partial charge < -0.3 is 10.1 Å². The monoisotopic (exact) mass is 438 g/mol. The van der Waals surface area contributed by atoms with Crippen molar-refractivity contribution in [2.75, 3.05) is 23.8 Å². The van der Waals surface area contributed by atoms with Gasteiger partial charge in [-0.2, -0.15) is 0 Å². The fraction of sp³-hybridized carbons (Fsp3) is 0.208. The third-order valence-corrected chi connectivity index (χ3v) is 6.83. The van der Waals surface area contributed by atoms with Gasteiger partial charge in [0.2, 0.25) is 0 Å². The summed E-state index contributed by atoms with van der Waals surface area (Å²) < 4.78 is 32.7. The number of carbonyl (C=O) groups excluding carboxylic acids is 1. The zero-order chi connectivity index (χ0) is 22.6. The summed E-state index contributed by atoms with van der Waals surface area (Å²) in [6.07, 6.45) is 0. The van der Waals surface area contributed by atoms with Crippen LogP contribution in [0.2, 0.25) is 0 Å². The Morgan fingerprint density at radius 3 is 2.13 bits per heavy atom. The lowest BCUT2D eigenvalue weighted by Gasteiger charge is -2.22. The predicted molar refractivity (Wildman–Crippen MR) is 124 cm³/mol. The standard InChI is InChI=1S/C24H26N2O4S/c1-17(2)18-9-15-21(16-10-18)31(28,29)26(3)23-8-6-5-7-22(23)24(27)25-19-11-13-20(30-4)14-12-19/h5-17H,1-4H3,(H,25,27). The normalized spacial score (nSPS) is 11.3. The Kier molecular flexibility index (Phi) is 6.65. The molecule has 7 heteroatoms. The Hall–Kier alpha value is -3.32. The first-order valence-electron chi connectivity index (χ1n) is 9.87. The Bertz CT molecular complexity index is 1150. The first kappa shape index (κ1) is 22.4.